The van der Waals surface area contributed by atoms with E-state index in [1.54, 1.807) is 0 Å². The van der Waals surface area contributed by atoms with E-state index in [1.807, 2.05) is 24.3 Å². The van der Waals surface area contributed by atoms with Gasteiger partial charge in [0.05, 0.1) is 0 Å². The Morgan fingerprint density at radius 2 is 1.70 bits per heavy atom. The Bertz CT molecular complexity index is 629. The smallest absolute Gasteiger partial charge is 0.175 e. The van der Waals surface area contributed by atoms with Crippen LogP contribution >= 0.6 is 12.2 Å². The summed E-state index contributed by atoms with van der Waals surface area (Å²) in [5.74, 6) is -1.80. The van der Waals surface area contributed by atoms with E-state index in [2.05, 4.69) is 17.6 Å². The standard InChI is InChI=1S/C15H14F2N2S/c1-2-10-4-3-5-11(8-10)18-15(20)19-12-6-7-13(16)14(17)9-12/h3-9H,2H2,1H3,(H2,18,19,20). The minimum atomic E-state index is -0.911. The van der Waals surface area contributed by atoms with Crippen molar-refractivity contribution in [2.45, 2.75) is 13.3 Å². The first kappa shape index (κ1) is 14.4. The van der Waals surface area contributed by atoms with Crippen LogP contribution in [0.25, 0.3) is 0 Å². The molecule has 2 aromatic carbocycles. The van der Waals surface area contributed by atoms with Gasteiger partial charge in [-0.05, 0) is 48.5 Å². The summed E-state index contributed by atoms with van der Waals surface area (Å²) in [7, 11) is 0. The summed E-state index contributed by atoms with van der Waals surface area (Å²) in [5, 5.41) is 6.14. The van der Waals surface area contributed by atoms with Crippen molar-refractivity contribution in [2.24, 2.45) is 0 Å². The Hall–Kier alpha value is -2.01. The second-order valence-corrected chi connectivity index (χ2v) is 4.67. The van der Waals surface area contributed by atoms with Gasteiger partial charge < -0.3 is 10.6 Å². The van der Waals surface area contributed by atoms with E-state index >= 15 is 0 Å². The summed E-state index contributed by atoms with van der Waals surface area (Å²) < 4.78 is 25.9. The van der Waals surface area contributed by atoms with Crippen molar-refractivity contribution in [3.63, 3.8) is 0 Å². The van der Waals surface area contributed by atoms with Gasteiger partial charge >= 0.3 is 0 Å². The van der Waals surface area contributed by atoms with Gasteiger partial charge in [0.2, 0.25) is 0 Å². The molecule has 2 N–H and O–H groups in total. The zero-order valence-electron chi connectivity index (χ0n) is 10.9. The largest absolute Gasteiger partial charge is 0.332 e. The zero-order valence-corrected chi connectivity index (χ0v) is 11.7. The first-order valence-corrected chi connectivity index (χ1v) is 6.61. The number of anilines is 2. The number of benzene rings is 2. The molecular formula is C15H14F2N2S. The van der Waals surface area contributed by atoms with Gasteiger partial charge in [-0.15, -0.1) is 0 Å². The maximum absolute atomic E-state index is 13.1. The Morgan fingerprint density at radius 1 is 1.00 bits per heavy atom. The number of thiocarbonyl (C=S) groups is 1. The predicted octanol–water partition coefficient (Wildman–Crippen LogP) is 4.34. The van der Waals surface area contributed by atoms with Gasteiger partial charge in [-0.25, -0.2) is 8.78 Å². The monoisotopic (exact) mass is 292 g/mol. The summed E-state index contributed by atoms with van der Waals surface area (Å²) in [5.41, 5.74) is 2.43. The van der Waals surface area contributed by atoms with E-state index in [0.717, 1.165) is 24.2 Å². The van der Waals surface area contributed by atoms with E-state index in [1.165, 1.54) is 11.6 Å². The van der Waals surface area contributed by atoms with E-state index in [-0.39, 0.29) is 0 Å². The fraction of sp³-hybridized carbons (Fsp3) is 0.133. The van der Waals surface area contributed by atoms with Crippen LogP contribution in [0.4, 0.5) is 20.2 Å². The maximum Gasteiger partial charge on any atom is 0.175 e. The van der Waals surface area contributed by atoms with Crippen LogP contribution in [0.3, 0.4) is 0 Å². The lowest BCUT2D eigenvalue weighted by Gasteiger charge is -2.11. The van der Waals surface area contributed by atoms with Crippen molar-refractivity contribution in [3.8, 4) is 0 Å². The minimum absolute atomic E-state index is 0.323. The number of hydrogen-bond acceptors (Lipinski definition) is 1. The molecule has 5 heteroatoms. The average molecular weight is 292 g/mol. The molecule has 0 atom stereocenters. The highest BCUT2D eigenvalue weighted by molar-refractivity contribution is 7.80. The van der Waals surface area contributed by atoms with Crippen LogP contribution in [0.15, 0.2) is 42.5 Å². The molecule has 0 heterocycles. The van der Waals surface area contributed by atoms with Crippen molar-refractivity contribution in [1.29, 1.82) is 0 Å². The van der Waals surface area contributed by atoms with Crippen molar-refractivity contribution >= 4 is 28.7 Å². The Balaban J connectivity index is 2.03. The van der Waals surface area contributed by atoms with Gasteiger partial charge in [-0.1, -0.05) is 19.1 Å². The molecule has 2 rings (SSSR count). The molecule has 0 saturated heterocycles. The summed E-state index contributed by atoms with van der Waals surface area (Å²) >= 11 is 5.14. The van der Waals surface area contributed by atoms with Crippen molar-refractivity contribution < 1.29 is 8.78 Å². The molecule has 0 bridgehead atoms. The third-order valence-corrected chi connectivity index (χ3v) is 2.97. The van der Waals surface area contributed by atoms with Gasteiger partial charge in [0.1, 0.15) is 0 Å². The Morgan fingerprint density at radius 3 is 2.35 bits per heavy atom. The topological polar surface area (TPSA) is 24.1 Å². The molecule has 0 unspecified atom stereocenters. The van der Waals surface area contributed by atoms with E-state index in [4.69, 9.17) is 12.2 Å². The molecule has 104 valence electrons. The molecular weight excluding hydrogens is 278 g/mol. The van der Waals surface area contributed by atoms with Crippen LogP contribution in [0.1, 0.15) is 12.5 Å². The molecule has 20 heavy (non-hydrogen) atoms. The van der Waals surface area contributed by atoms with Crippen LogP contribution in [0, 0.1) is 11.6 Å². The molecule has 0 radical (unpaired) electrons. The second kappa shape index (κ2) is 6.43. The van der Waals surface area contributed by atoms with Gasteiger partial charge in [0.15, 0.2) is 16.7 Å². The zero-order chi connectivity index (χ0) is 14.5. The van der Waals surface area contributed by atoms with Gasteiger partial charge in [-0.3, -0.25) is 0 Å². The van der Waals surface area contributed by atoms with E-state index < -0.39 is 11.6 Å². The van der Waals surface area contributed by atoms with Crippen LogP contribution in [-0.2, 0) is 6.42 Å². The van der Waals surface area contributed by atoms with Gasteiger partial charge in [0, 0.05) is 17.4 Å². The first-order valence-electron chi connectivity index (χ1n) is 6.20. The summed E-state index contributed by atoms with van der Waals surface area (Å²) in [6, 6.07) is 11.4. The molecule has 0 amide bonds. The Labute approximate surface area is 121 Å². The lowest BCUT2D eigenvalue weighted by Crippen LogP contribution is -2.19. The second-order valence-electron chi connectivity index (χ2n) is 4.26. The highest BCUT2D eigenvalue weighted by Gasteiger charge is 2.04. The normalized spacial score (nSPS) is 10.2. The maximum atomic E-state index is 13.1. The fourth-order valence-electron chi connectivity index (χ4n) is 1.74. The van der Waals surface area contributed by atoms with Crippen molar-refractivity contribution in [1.82, 2.24) is 0 Å². The van der Waals surface area contributed by atoms with Crippen LogP contribution in [-0.4, -0.2) is 5.11 Å². The summed E-state index contributed by atoms with van der Waals surface area (Å²) in [6.45, 7) is 2.07. The highest BCUT2D eigenvalue weighted by atomic mass is 32.1. The third-order valence-electron chi connectivity index (χ3n) is 2.77. The van der Waals surface area contributed by atoms with Crippen LogP contribution < -0.4 is 10.6 Å². The number of halogens is 2. The molecule has 0 aliphatic carbocycles. The molecule has 0 aromatic heterocycles. The molecule has 0 fully saturated rings. The molecule has 0 saturated carbocycles. The molecule has 0 aliphatic rings. The summed E-state index contributed by atoms with van der Waals surface area (Å²) in [6.07, 6.45) is 0.929. The molecule has 2 aromatic rings. The number of hydrogen-bond donors (Lipinski definition) is 2. The average Bonchev–Trinajstić information content (AvgIpc) is 2.43. The fourth-order valence-corrected chi connectivity index (χ4v) is 1.97. The van der Waals surface area contributed by atoms with Gasteiger partial charge in [-0.2, -0.15) is 0 Å². The highest BCUT2D eigenvalue weighted by Crippen LogP contribution is 2.15. The SMILES string of the molecule is CCc1cccc(NC(=S)Nc2ccc(F)c(F)c2)c1. The lowest BCUT2D eigenvalue weighted by atomic mass is 10.1. The van der Waals surface area contributed by atoms with Crippen molar-refractivity contribution in [3.05, 3.63) is 59.7 Å². The van der Waals surface area contributed by atoms with Crippen molar-refractivity contribution in [2.75, 3.05) is 10.6 Å². The van der Waals surface area contributed by atoms with Crippen LogP contribution in [0.5, 0.6) is 0 Å². The minimum Gasteiger partial charge on any atom is -0.332 e. The van der Waals surface area contributed by atoms with E-state index in [0.29, 0.717) is 10.8 Å². The molecule has 0 spiro atoms. The first-order chi connectivity index (χ1) is 9.58. The third kappa shape index (κ3) is 3.74. The number of aryl methyl sites for hydroxylation is 1. The molecule has 0 aliphatic heterocycles. The van der Waals surface area contributed by atoms with Gasteiger partial charge in [0.25, 0.3) is 0 Å². The number of rotatable bonds is 3. The molecule has 2 nitrogen and oxygen atoms in total. The lowest BCUT2D eigenvalue weighted by molar-refractivity contribution is 0.509. The van der Waals surface area contributed by atoms with E-state index in [9.17, 15) is 8.78 Å². The number of nitrogens with one attached hydrogen (secondary N) is 2. The van der Waals surface area contributed by atoms with Crippen LogP contribution in [0.2, 0.25) is 0 Å². The summed E-state index contributed by atoms with van der Waals surface area (Å²) in [4.78, 5) is 0. The predicted molar refractivity (Wildman–Crippen MR) is 82.0 cm³/mol. The Kier molecular flexibility index (Phi) is 4.63. The quantitative estimate of drug-likeness (QED) is 0.823.